The van der Waals surface area contributed by atoms with E-state index in [1.807, 2.05) is 6.92 Å². The number of carboxylic acid groups (broad SMARTS) is 1. The second kappa shape index (κ2) is 36.5. The number of carboxylic acids is 1. The molecule has 544 valence electrons. The lowest BCUT2D eigenvalue weighted by atomic mass is 9.95. The molecule has 0 aromatic heterocycles. The molecule has 7 fully saturated rings. The number of ether oxygens (including phenoxy) is 14. The first-order valence-electron chi connectivity index (χ1n) is 32.2. The molecule has 7 rings (SSSR count). The molecule has 0 bridgehead atoms. The van der Waals surface area contributed by atoms with Crippen LogP contribution in [0.2, 0.25) is 0 Å². The number of hydrogen-bond acceptors (Lipinski definition) is 34. The van der Waals surface area contributed by atoms with Crippen LogP contribution in [0.1, 0.15) is 111 Å². The minimum absolute atomic E-state index is 0.109. The van der Waals surface area contributed by atoms with Gasteiger partial charge in [0.15, 0.2) is 44.0 Å². The van der Waals surface area contributed by atoms with Crippen molar-refractivity contribution < 1.29 is 173 Å². The highest BCUT2D eigenvalue weighted by atomic mass is 16.8. The van der Waals surface area contributed by atoms with Gasteiger partial charge in [-0.3, -0.25) is 4.79 Å². The molecule has 0 amide bonds. The van der Waals surface area contributed by atoms with Crippen LogP contribution in [0.25, 0.3) is 0 Å². The minimum Gasteiger partial charge on any atom is -0.481 e. The third-order valence-corrected chi connectivity index (χ3v) is 18.2. The second-order valence-electron chi connectivity index (χ2n) is 25.2. The van der Waals surface area contributed by atoms with Crippen LogP contribution in [0.4, 0.5) is 0 Å². The molecule has 93 heavy (non-hydrogen) atoms. The van der Waals surface area contributed by atoms with Crippen molar-refractivity contribution in [1.29, 1.82) is 0 Å². The van der Waals surface area contributed by atoms with Crippen LogP contribution < -0.4 is 0 Å². The van der Waals surface area contributed by atoms with Gasteiger partial charge in [0.25, 0.3) is 0 Å². The molecule has 0 unspecified atom stereocenters. The van der Waals surface area contributed by atoms with Crippen LogP contribution >= 0.6 is 0 Å². The van der Waals surface area contributed by atoms with E-state index in [1.54, 1.807) is 0 Å². The number of carbonyl (C=O) groups is 1. The zero-order valence-electron chi connectivity index (χ0n) is 52.4. The highest BCUT2D eigenvalue weighted by Gasteiger charge is 2.58. The van der Waals surface area contributed by atoms with E-state index >= 15 is 0 Å². The van der Waals surface area contributed by atoms with E-state index in [0.29, 0.717) is 19.3 Å². The molecule has 7 heterocycles. The molecular weight excluding hydrogens is 1260 g/mol. The molecule has 35 heteroatoms. The number of aliphatic hydroxyl groups excluding tert-OH is 19. The molecule has 20 N–H and O–H groups in total. The minimum atomic E-state index is -2.22. The lowest BCUT2D eigenvalue weighted by Gasteiger charge is -2.50. The lowest BCUT2D eigenvalue weighted by Crippen LogP contribution is -2.68. The van der Waals surface area contributed by atoms with Crippen LogP contribution in [0, 0.1) is 0 Å². The first-order valence-corrected chi connectivity index (χ1v) is 32.2. The smallest absolute Gasteiger partial charge is 0.303 e. The molecule has 7 aliphatic rings. The maximum Gasteiger partial charge on any atom is 0.303 e. The predicted octanol–water partition coefficient (Wildman–Crippen LogP) is -7.62. The van der Waals surface area contributed by atoms with Gasteiger partial charge in [0.05, 0.1) is 50.8 Å². The van der Waals surface area contributed by atoms with Gasteiger partial charge in [-0.1, -0.05) is 64.7 Å². The van der Waals surface area contributed by atoms with E-state index in [0.717, 1.165) is 57.8 Å². The van der Waals surface area contributed by atoms with E-state index in [2.05, 4.69) is 0 Å². The third kappa shape index (κ3) is 19.6. The molecule has 0 radical (unpaired) electrons. The highest BCUT2D eigenvalue weighted by Crippen LogP contribution is 2.38. The Morgan fingerprint density at radius 2 is 0.710 bits per heavy atom. The topological polar surface area (TPSA) is 551 Å². The summed E-state index contributed by atoms with van der Waals surface area (Å²) in [6, 6.07) is 0. The molecular formula is C58H102O35. The summed E-state index contributed by atoms with van der Waals surface area (Å²) in [5.74, 6) is -0.840. The van der Waals surface area contributed by atoms with Crippen molar-refractivity contribution in [3.63, 3.8) is 0 Å². The van der Waals surface area contributed by atoms with E-state index < -0.39 is 253 Å². The van der Waals surface area contributed by atoms with E-state index in [1.165, 1.54) is 20.8 Å². The number of aliphatic carboxylic acids is 1. The fourth-order valence-electron chi connectivity index (χ4n) is 12.3. The summed E-state index contributed by atoms with van der Waals surface area (Å²) in [5.41, 5.74) is 0. The number of hydrogen-bond donors (Lipinski definition) is 20. The summed E-state index contributed by atoms with van der Waals surface area (Å²) in [6.07, 6.45) is -54.5. The van der Waals surface area contributed by atoms with Crippen LogP contribution in [-0.4, -0.2) is 356 Å². The Morgan fingerprint density at radius 1 is 0.344 bits per heavy atom. The van der Waals surface area contributed by atoms with Crippen molar-refractivity contribution in [3.8, 4) is 0 Å². The zero-order valence-corrected chi connectivity index (χ0v) is 52.4. The van der Waals surface area contributed by atoms with E-state index in [9.17, 15) is 102 Å². The van der Waals surface area contributed by atoms with Crippen LogP contribution in [0.3, 0.4) is 0 Å². The van der Waals surface area contributed by atoms with Crippen molar-refractivity contribution in [3.05, 3.63) is 0 Å². The van der Waals surface area contributed by atoms with Gasteiger partial charge in [-0.2, -0.15) is 0 Å². The van der Waals surface area contributed by atoms with Crippen molar-refractivity contribution >= 4 is 5.97 Å². The highest BCUT2D eigenvalue weighted by molar-refractivity contribution is 5.66. The summed E-state index contributed by atoms with van der Waals surface area (Å²) in [4.78, 5) is 10.9. The van der Waals surface area contributed by atoms with Crippen LogP contribution in [0.15, 0.2) is 0 Å². The number of rotatable bonds is 32. The quantitative estimate of drug-likeness (QED) is 0.0278. The molecule has 0 aliphatic carbocycles. The molecule has 7 saturated heterocycles. The van der Waals surface area contributed by atoms with Crippen molar-refractivity contribution in [1.82, 2.24) is 0 Å². The predicted molar refractivity (Wildman–Crippen MR) is 304 cm³/mol. The standard InChI is InChI=1S/C58H102O35/c1-5-6-12-15-25(16-13-10-8-7-9-11-14-17-30(61)62)85-57-50(41(73)33(65)24(4)84-57)92-58-51(93-54-44(76)38(70)32(64)23(3)83-54)49(36(68)26(18-59)86-58)91-56-46(78)40(72)35(67)29(89-56)21-81-53-47(79)42(74)48(27(19-60)87-53)90-55-45(77)39(71)34(66)28(88-55)20-80-52-43(75)37(69)31(63)22(2)82-52/h22-29,31-60,63-79H,5-21H2,1-4H3,(H,61,62)/t22-,23+,24-,25+,26-,27-,28-,29-,31+,32+,33+,34-,35-,36-,37+,38-,39+,40+,41+,42-,43-,44-,45-,46-,47-,48-,49+,50-,51-,52-,53-,54+,55+,56+,57+,58+/m1/s1. The monoisotopic (exact) mass is 1360 g/mol. The molecule has 0 saturated carbocycles. The molecule has 0 aromatic carbocycles. The first-order chi connectivity index (χ1) is 44.1. The molecule has 36 atom stereocenters. The summed E-state index contributed by atoms with van der Waals surface area (Å²) in [5, 5.41) is 218. The Balaban J connectivity index is 1.06. The maximum absolute atomic E-state index is 12.0. The Kier molecular flexibility index (Phi) is 30.8. The summed E-state index contributed by atoms with van der Waals surface area (Å²) < 4.78 is 83.2. The second-order valence-corrected chi connectivity index (χ2v) is 25.2. The van der Waals surface area contributed by atoms with Gasteiger partial charge in [-0.25, -0.2) is 0 Å². The van der Waals surface area contributed by atoms with Crippen molar-refractivity contribution in [2.45, 2.75) is 332 Å². The van der Waals surface area contributed by atoms with Crippen LogP contribution in [-0.2, 0) is 71.1 Å². The van der Waals surface area contributed by atoms with Gasteiger partial charge in [0.1, 0.15) is 153 Å². The Labute approximate surface area is 536 Å². The number of aliphatic hydroxyl groups is 19. The van der Waals surface area contributed by atoms with Gasteiger partial charge in [0, 0.05) is 6.42 Å². The average Bonchev–Trinajstić information content (AvgIpc) is 0.781. The summed E-state index contributed by atoms with van der Waals surface area (Å²) in [7, 11) is 0. The van der Waals surface area contributed by atoms with Gasteiger partial charge in [-0.15, -0.1) is 0 Å². The van der Waals surface area contributed by atoms with Gasteiger partial charge in [0.2, 0.25) is 0 Å². The first kappa shape index (κ1) is 78.5. The average molecular weight is 1360 g/mol. The molecule has 35 nitrogen and oxygen atoms in total. The molecule has 0 aromatic rings. The van der Waals surface area contributed by atoms with E-state index in [4.69, 9.17) is 71.4 Å². The fourth-order valence-corrected chi connectivity index (χ4v) is 12.3. The van der Waals surface area contributed by atoms with Crippen molar-refractivity contribution in [2.75, 3.05) is 26.4 Å². The third-order valence-electron chi connectivity index (χ3n) is 18.2. The largest absolute Gasteiger partial charge is 0.481 e. The fraction of sp³-hybridized carbons (Fsp3) is 0.983. The maximum atomic E-state index is 12.0. The Hall–Kier alpha value is -1.85. The number of unbranched alkanes of at least 4 members (excludes halogenated alkanes) is 8. The Morgan fingerprint density at radius 3 is 1.23 bits per heavy atom. The summed E-state index contributed by atoms with van der Waals surface area (Å²) >= 11 is 0. The van der Waals surface area contributed by atoms with Gasteiger partial charge in [-0.05, 0) is 40.0 Å². The summed E-state index contributed by atoms with van der Waals surface area (Å²) in [6.45, 7) is 2.64. The molecule has 0 spiro atoms. The SMILES string of the molecule is CCCCC[C@@H](CCCCCCCCCC(=O)O)O[C@@H]1O[C@H](C)[C@H](O)[C@H](O)[C@H]1O[C@@H]1O[C@H](CO)[C@@H](O)[C@H](O[C@@H]2O[C@H](CO[C@@H]3O[C@H](CO)[C@@H](O[C@@H]4O[C@H](CO[C@@H]5O[C@H](C)[C@H](O)[C@H](O)[C@H]5O)[C@@H](O)[C@H](O)[C@H]4O)[C@H](O)[C@H]3O)[C@@H](O)[C@H](O)[C@H]2O)[C@H]1O[C@@H]1O[C@@H](C)[C@H](O)[C@@H](O)[C@H]1O. The normalized spacial score (nSPS) is 47.1. The zero-order chi connectivity index (χ0) is 68.3. The lowest BCUT2D eigenvalue weighted by molar-refractivity contribution is -0.410. The van der Waals surface area contributed by atoms with Gasteiger partial charge < -0.3 is 168 Å². The Bertz CT molecular complexity index is 2170. The van der Waals surface area contributed by atoms with Gasteiger partial charge >= 0.3 is 5.97 Å². The van der Waals surface area contributed by atoms with E-state index in [-0.39, 0.29) is 6.42 Å². The van der Waals surface area contributed by atoms with Crippen molar-refractivity contribution in [2.24, 2.45) is 0 Å². The molecule has 7 aliphatic heterocycles. The van der Waals surface area contributed by atoms with Crippen LogP contribution in [0.5, 0.6) is 0 Å².